The maximum absolute atomic E-state index is 11.3. The van der Waals surface area contributed by atoms with Gasteiger partial charge in [0.25, 0.3) is 0 Å². The molecule has 0 N–H and O–H groups in total. The van der Waals surface area contributed by atoms with E-state index >= 15 is 0 Å². The van der Waals surface area contributed by atoms with Crippen LogP contribution in [-0.4, -0.2) is 5.97 Å². The van der Waals surface area contributed by atoms with Crippen molar-refractivity contribution < 1.29 is 9.53 Å². The molecule has 0 saturated heterocycles. The van der Waals surface area contributed by atoms with E-state index in [9.17, 15) is 9.70 Å². The van der Waals surface area contributed by atoms with Crippen LogP contribution >= 0.6 is 0 Å². The van der Waals surface area contributed by atoms with E-state index in [1.165, 1.54) is 6.92 Å². The molecule has 2 aromatic rings. The van der Waals surface area contributed by atoms with Crippen molar-refractivity contribution in [1.29, 1.82) is 0 Å². The van der Waals surface area contributed by atoms with Gasteiger partial charge in [-0.05, 0) is 16.8 Å². The first kappa shape index (κ1) is 13.0. The van der Waals surface area contributed by atoms with Crippen LogP contribution in [0, 0.1) is 4.91 Å². The fraction of sp³-hybridized carbons (Fsp3) is 0.133. The molecule has 0 aliphatic heterocycles. The van der Waals surface area contributed by atoms with Gasteiger partial charge < -0.3 is 4.74 Å². The third-order valence-electron chi connectivity index (χ3n) is 2.70. The Kier molecular flexibility index (Phi) is 4.03. The number of carbonyl (C=O) groups is 1. The fourth-order valence-electron chi connectivity index (χ4n) is 1.90. The quantitative estimate of drug-likeness (QED) is 0.617. The van der Waals surface area contributed by atoms with Crippen molar-refractivity contribution in [3.63, 3.8) is 0 Å². The minimum atomic E-state index is -0.618. The van der Waals surface area contributed by atoms with Crippen LogP contribution in [0.15, 0.2) is 59.8 Å². The smallest absolute Gasteiger partial charge is 0.303 e. The first-order valence-corrected chi connectivity index (χ1v) is 5.87. The van der Waals surface area contributed by atoms with Crippen molar-refractivity contribution in [2.45, 2.75) is 13.0 Å². The predicted octanol–water partition coefficient (Wildman–Crippen LogP) is 3.74. The average Bonchev–Trinajstić information content (AvgIpc) is 2.45. The molecular weight excluding hydrogens is 242 g/mol. The lowest BCUT2D eigenvalue weighted by Crippen LogP contribution is -2.10. The lowest BCUT2D eigenvalue weighted by molar-refractivity contribution is -0.144. The van der Waals surface area contributed by atoms with Crippen LogP contribution in [0.5, 0.6) is 0 Å². The summed E-state index contributed by atoms with van der Waals surface area (Å²) < 4.78 is 5.33. The highest BCUT2D eigenvalue weighted by Gasteiger charge is 2.20. The normalized spacial score (nSPS) is 11.6. The third-order valence-corrected chi connectivity index (χ3v) is 2.70. The van der Waals surface area contributed by atoms with E-state index in [4.69, 9.17) is 4.74 Å². The van der Waals surface area contributed by atoms with Gasteiger partial charge in [0.1, 0.15) is 5.69 Å². The second kappa shape index (κ2) is 5.91. The van der Waals surface area contributed by atoms with Crippen LogP contribution in [0.2, 0.25) is 0 Å². The molecular formula is C15H13NO3. The number of hydrogen-bond acceptors (Lipinski definition) is 4. The Labute approximate surface area is 111 Å². The van der Waals surface area contributed by atoms with Gasteiger partial charge in [0.05, 0.1) is 0 Å². The highest BCUT2D eigenvalue weighted by molar-refractivity contribution is 5.67. The van der Waals surface area contributed by atoms with Gasteiger partial charge in [0.2, 0.25) is 0 Å². The molecule has 2 rings (SSSR count). The van der Waals surface area contributed by atoms with Crippen LogP contribution in [0.4, 0.5) is 5.69 Å². The number of esters is 1. The molecule has 0 spiro atoms. The van der Waals surface area contributed by atoms with Gasteiger partial charge in [0.15, 0.2) is 6.10 Å². The second-order valence-electron chi connectivity index (χ2n) is 4.05. The average molecular weight is 255 g/mol. The fourth-order valence-corrected chi connectivity index (χ4v) is 1.90. The van der Waals surface area contributed by atoms with Crippen LogP contribution in [0.25, 0.3) is 0 Å². The lowest BCUT2D eigenvalue weighted by atomic mass is 10.00. The number of hydrogen-bond donors (Lipinski definition) is 0. The van der Waals surface area contributed by atoms with Gasteiger partial charge in [-0.2, -0.15) is 0 Å². The van der Waals surface area contributed by atoms with Crippen LogP contribution in [-0.2, 0) is 9.53 Å². The van der Waals surface area contributed by atoms with Crippen molar-refractivity contribution >= 4 is 11.7 Å². The summed E-state index contributed by atoms with van der Waals surface area (Å²) in [5, 5.41) is 2.98. The Morgan fingerprint density at radius 3 is 2.32 bits per heavy atom. The van der Waals surface area contributed by atoms with Gasteiger partial charge in [0, 0.05) is 12.5 Å². The zero-order chi connectivity index (χ0) is 13.7. The summed E-state index contributed by atoms with van der Waals surface area (Å²) in [5.74, 6) is -0.408. The predicted molar refractivity (Wildman–Crippen MR) is 71.9 cm³/mol. The lowest BCUT2D eigenvalue weighted by Gasteiger charge is -2.18. The zero-order valence-electron chi connectivity index (χ0n) is 10.4. The Balaban J connectivity index is 2.49. The van der Waals surface area contributed by atoms with E-state index in [-0.39, 0.29) is 5.69 Å². The maximum atomic E-state index is 11.3. The monoisotopic (exact) mass is 255 g/mol. The number of benzene rings is 2. The summed E-state index contributed by atoms with van der Waals surface area (Å²) in [6, 6.07) is 16.1. The molecule has 0 amide bonds. The summed E-state index contributed by atoms with van der Waals surface area (Å²) >= 11 is 0. The summed E-state index contributed by atoms with van der Waals surface area (Å²) in [6.07, 6.45) is -0.618. The van der Waals surface area contributed by atoms with Gasteiger partial charge in [-0.25, -0.2) is 0 Å². The second-order valence-corrected chi connectivity index (χ2v) is 4.05. The van der Waals surface area contributed by atoms with E-state index in [0.717, 1.165) is 5.56 Å². The van der Waals surface area contributed by atoms with Crippen LogP contribution in [0.3, 0.4) is 0 Å². The van der Waals surface area contributed by atoms with Gasteiger partial charge in [-0.3, -0.25) is 4.79 Å². The largest absolute Gasteiger partial charge is 0.453 e. The molecule has 4 nitrogen and oxygen atoms in total. The van der Waals surface area contributed by atoms with E-state index < -0.39 is 12.1 Å². The van der Waals surface area contributed by atoms with Crippen LogP contribution < -0.4 is 0 Å². The molecule has 19 heavy (non-hydrogen) atoms. The van der Waals surface area contributed by atoms with Gasteiger partial charge in [-0.15, -0.1) is 4.91 Å². The molecule has 0 saturated carbocycles. The molecule has 0 bridgehead atoms. The standard InChI is InChI=1S/C15H13NO3/c1-11(17)19-15(12-7-3-2-4-8-12)13-9-5-6-10-14(13)16-18/h2-10,15H,1H3. The van der Waals surface area contributed by atoms with E-state index in [2.05, 4.69) is 5.18 Å². The Bertz CT molecular complexity index is 581. The Morgan fingerprint density at radius 2 is 1.68 bits per heavy atom. The molecule has 96 valence electrons. The van der Waals surface area contributed by atoms with Gasteiger partial charge in [-0.1, -0.05) is 48.5 Å². The molecule has 0 fully saturated rings. The summed E-state index contributed by atoms with van der Waals surface area (Å²) in [7, 11) is 0. The van der Waals surface area contributed by atoms with Gasteiger partial charge >= 0.3 is 5.97 Å². The molecule has 1 unspecified atom stereocenters. The molecule has 0 aliphatic rings. The first-order chi connectivity index (χ1) is 9.22. The van der Waals surface area contributed by atoms with E-state index in [1.54, 1.807) is 24.3 Å². The van der Waals surface area contributed by atoms with Crippen molar-refractivity contribution in [3.8, 4) is 0 Å². The van der Waals surface area contributed by atoms with Crippen molar-refractivity contribution in [1.82, 2.24) is 0 Å². The zero-order valence-corrected chi connectivity index (χ0v) is 10.4. The molecule has 1 atom stereocenters. The highest BCUT2D eigenvalue weighted by Crippen LogP contribution is 2.32. The van der Waals surface area contributed by atoms with E-state index in [0.29, 0.717) is 5.56 Å². The van der Waals surface area contributed by atoms with E-state index in [1.807, 2.05) is 30.3 Å². The van der Waals surface area contributed by atoms with Crippen molar-refractivity contribution in [3.05, 3.63) is 70.6 Å². The highest BCUT2D eigenvalue weighted by atomic mass is 16.5. The van der Waals surface area contributed by atoms with Crippen molar-refractivity contribution in [2.75, 3.05) is 0 Å². The molecule has 0 heterocycles. The topological polar surface area (TPSA) is 55.7 Å². The molecule has 4 heteroatoms. The summed E-state index contributed by atoms with van der Waals surface area (Å²) in [5.41, 5.74) is 1.66. The summed E-state index contributed by atoms with van der Waals surface area (Å²) in [6.45, 7) is 1.34. The van der Waals surface area contributed by atoms with Crippen molar-refractivity contribution in [2.24, 2.45) is 5.18 Å². The maximum Gasteiger partial charge on any atom is 0.303 e. The molecule has 0 aromatic heterocycles. The molecule has 0 radical (unpaired) electrons. The minimum Gasteiger partial charge on any atom is -0.453 e. The number of nitrogens with zero attached hydrogens (tertiary/aromatic N) is 1. The Hall–Kier alpha value is -2.49. The SMILES string of the molecule is CC(=O)OC(c1ccccc1)c1ccccc1N=O. The molecule has 2 aromatic carbocycles. The number of ether oxygens (including phenoxy) is 1. The first-order valence-electron chi connectivity index (χ1n) is 5.87. The number of carbonyl (C=O) groups excluding carboxylic acids is 1. The third kappa shape index (κ3) is 3.04. The Morgan fingerprint density at radius 1 is 1.05 bits per heavy atom. The van der Waals surface area contributed by atoms with Crippen LogP contribution in [0.1, 0.15) is 24.2 Å². The molecule has 0 aliphatic carbocycles. The summed E-state index contributed by atoms with van der Waals surface area (Å²) in [4.78, 5) is 22.1. The number of rotatable bonds is 4. The number of nitroso groups, excluding NO2 is 1. The minimum absolute atomic E-state index is 0.276.